The molecule has 1 aromatic carbocycles. The standard InChI is InChI=1S/C23H28N6O3/c1-28(2)23-25-12-16(13-26-23)22(30)29-7-5-14(6-8-29)21-17(24)9-15-10-19(31-3)20(32-4)11-18(15)27-21/h9-14H,5-8,24H2,1-4H3. The molecule has 0 aliphatic carbocycles. The number of benzene rings is 1. The molecule has 1 saturated heterocycles. The van der Waals surface area contributed by atoms with Gasteiger partial charge in [-0.05, 0) is 25.0 Å². The summed E-state index contributed by atoms with van der Waals surface area (Å²) >= 11 is 0. The monoisotopic (exact) mass is 436 g/mol. The Kier molecular flexibility index (Phi) is 5.98. The lowest BCUT2D eigenvalue weighted by atomic mass is 9.91. The number of ether oxygens (including phenoxy) is 2. The molecule has 1 amide bonds. The molecule has 0 unspecified atom stereocenters. The second kappa shape index (κ2) is 8.86. The zero-order chi connectivity index (χ0) is 22.8. The molecule has 0 radical (unpaired) electrons. The lowest BCUT2D eigenvalue weighted by Gasteiger charge is -2.32. The summed E-state index contributed by atoms with van der Waals surface area (Å²) in [7, 11) is 6.93. The first-order valence-electron chi connectivity index (χ1n) is 10.5. The average molecular weight is 437 g/mol. The van der Waals surface area contributed by atoms with Gasteiger partial charge in [-0.25, -0.2) is 9.97 Å². The van der Waals surface area contributed by atoms with E-state index in [2.05, 4.69) is 9.97 Å². The molecule has 0 saturated carbocycles. The van der Waals surface area contributed by atoms with E-state index in [1.165, 1.54) is 0 Å². The highest BCUT2D eigenvalue weighted by Gasteiger charge is 2.27. The summed E-state index contributed by atoms with van der Waals surface area (Å²) in [5.41, 5.74) is 9.20. The van der Waals surface area contributed by atoms with Crippen molar-refractivity contribution in [2.75, 3.05) is 52.0 Å². The number of methoxy groups -OCH3 is 2. The minimum atomic E-state index is -0.0509. The van der Waals surface area contributed by atoms with E-state index in [1.54, 1.807) is 31.5 Å². The van der Waals surface area contributed by atoms with Gasteiger partial charge in [0.25, 0.3) is 5.91 Å². The highest BCUT2D eigenvalue weighted by atomic mass is 16.5. The first kappa shape index (κ1) is 21.6. The number of likely N-dealkylation sites (tertiary alicyclic amines) is 1. The van der Waals surface area contributed by atoms with Crippen molar-refractivity contribution in [1.29, 1.82) is 0 Å². The summed E-state index contributed by atoms with van der Waals surface area (Å²) in [4.78, 5) is 29.8. The lowest BCUT2D eigenvalue weighted by Crippen LogP contribution is -2.38. The predicted octanol–water partition coefficient (Wildman–Crippen LogP) is 2.71. The number of carbonyl (C=O) groups is 1. The van der Waals surface area contributed by atoms with Gasteiger partial charge in [-0.15, -0.1) is 0 Å². The maximum absolute atomic E-state index is 12.9. The quantitative estimate of drug-likeness (QED) is 0.651. The Hall–Kier alpha value is -3.62. The van der Waals surface area contributed by atoms with E-state index in [0.29, 0.717) is 41.8 Å². The van der Waals surface area contributed by atoms with Crippen molar-refractivity contribution >= 4 is 28.4 Å². The topological polar surface area (TPSA) is 107 Å². The number of aromatic nitrogens is 3. The number of fused-ring (bicyclic) bond motifs is 1. The number of hydrogen-bond acceptors (Lipinski definition) is 8. The van der Waals surface area contributed by atoms with Crippen molar-refractivity contribution in [2.24, 2.45) is 0 Å². The van der Waals surface area contributed by atoms with Crippen molar-refractivity contribution in [3.05, 3.63) is 41.9 Å². The predicted molar refractivity (Wildman–Crippen MR) is 123 cm³/mol. The van der Waals surface area contributed by atoms with Gasteiger partial charge in [0.15, 0.2) is 11.5 Å². The summed E-state index contributed by atoms with van der Waals surface area (Å²) in [6, 6.07) is 5.68. The Bertz CT molecular complexity index is 1120. The number of nitrogens with zero attached hydrogens (tertiary/aromatic N) is 5. The third kappa shape index (κ3) is 4.10. The number of anilines is 2. The molecule has 1 aliphatic heterocycles. The molecule has 1 fully saturated rings. The Labute approximate surface area is 187 Å². The van der Waals surface area contributed by atoms with Crippen molar-refractivity contribution < 1.29 is 14.3 Å². The number of nitrogen functional groups attached to an aromatic ring is 1. The van der Waals surface area contributed by atoms with Crippen LogP contribution in [-0.2, 0) is 0 Å². The largest absolute Gasteiger partial charge is 0.493 e. The zero-order valence-corrected chi connectivity index (χ0v) is 18.8. The molecule has 3 aromatic rings. The molecule has 9 nitrogen and oxygen atoms in total. The van der Waals surface area contributed by atoms with Crippen LogP contribution in [0.1, 0.15) is 34.8 Å². The number of pyridine rings is 1. The molecule has 0 bridgehead atoms. The van der Waals surface area contributed by atoms with Crippen molar-refractivity contribution in [3.63, 3.8) is 0 Å². The van der Waals surface area contributed by atoms with Crippen LogP contribution in [0.25, 0.3) is 10.9 Å². The summed E-state index contributed by atoms with van der Waals surface area (Å²) in [6.07, 6.45) is 4.75. The van der Waals surface area contributed by atoms with Crippen LogP contribution in [0.2, 0.25) is 0 Å². The summed E-state index contributed by atoms with van der Waals surface area (Å²) < 4.78 is 10.8. The number of hydrogen-bond donors (Lipinski definition) is 1. The molecule has 4 rings (SSSR count). The first-order chi connectivity index (χ1) is 15.4. The van der Waals surface area contributed by atoms with E-state index in [9.17, 15) is 4.79 Å². The lowest BCUT2D eigenvalue weighted by molar-refractivity contribution is 0.0711. The number of piperidine rings is 1. The van der Waals surface area contributed by atoms with Crippen molar-refractivity contribution in [1.82, 2.24) is 19.9 Å². The minimum absolute atomic E-state index is 0.0509. The van der Waals surface area contributed by atoms with Crippen LogP contribution in [-0.4, -0.2) is 67.2 Å². The number of rotatable bonds is 5. The second-order valence-corrected chi connectivity index (χ2v) is 8.10. The van der Waals surface area contributed by atoms with Gasteiger partial charge < -0.3 is 25.0 Å². The van der Waals surface area contributed by atoms with Crippen LogP contribution in [0.15, 0.2) is 30.6 Å². The fraction of sp³-hybridized carbons (Fsp3) is 0.391. The smallest absolute Gasteiger partial charge is 0.256 e. The van der Waals surface area contributed by atoms with Gasteiger partial charge in [-0.3, -0.25) is 9.78 Å². The summed E-state index contributed by atoms with van der Waals surface area (Å²) in [6.45, 7) is 1.26. The van der Waals surface area contributed by atoms with Crippen LogP contribution in [0, 0.1) is 0 Å². The van der Waals surface area contributed by atoms with Crippen LogP contribution in [0.5, 0.6) is 11.5 Å². The molecule has 3 heterocycles. The van der Waals surface area contributed by atoms with E-state index >= 15 is 0 Å². The van der Waals surface area contributed by atoms with Crippen LogP contribution in [0.3, 0.4) is 0 Å². The molecular weight excluding hydrogens is 408 g/mol. The Morgan fingerprint density at radius 1 is 1.06 bits per heavy atom. The zero-order valence-electron chi connectivity index (χ0n) is 18.8. The number of nitrogens with two attached hydrogens (primary N) is 1. The van der Waals surface area contributed by atoms with E-state index < -0.39 is 0 Å². The van der Waals surface area contributed by atoms with E-state index in [4.69, 9.17) is 20.2 Å². The third-order valence-electron chi connectivity index (χ3n) is 5.83. The molecule has 168 valence electrons. The van der Waals surface area contributed by atoms with Gasteiger partial charge in [0, 0.05) is 56.9 Å². The maximum atomic E-state index is 12.9. The fourth-order valence-corrected chi connectivity index (χ4v) is 4.06. The van der Waals surface area contributed by atoms with Crippen LogP contribution >= 0.6 is 0 Å². The molecule has 9 heteroatoms. The van der Waals surface area contributed by atoms with Gasteiger partial charge in [-0.1, -0.05) is 0 Å². The van der Waals surface area contributed by atoms with Crippen molar-refractivity contribution in [3.8, 4) is 11.5 Å². The minimum Gasteiger partial charge on any atom is -0.493 e. The maximum Gasteiger partial charge on any atom is 0.256 e. The summed E-state index contributed by atoms with van der Waals surface area (Å²) in [5.74, 6) is 1.98. The van der Waals surface area contributed by atoms with Crippen LogP contribution in [0.4, 0.5) is 11.6 Å². The Morgan fingerprint density at radius 3 is 2.28 bits per heavy atom. The molecule has 32 heavy (non-hydrogen) atoms. The highest BCUT2D eigenvalue weighted by molar-refractivity contribution is 5.93. The average Bonchev–Trinajstić information content (AvgIpc) is 2.82. The van der Waals surface area contributed by atoms with Crippen molar-refractivity contribution in [2.45, 2.75) is 18.8 Å². The highest BCUT2D eigenvalue weighted by Crippen LogP contribution is 2.36. The SMILES string of the molecule is COc1cc2cc(N)c(C3CCN(C(=O)c4cnc(N(C)C)nc4)CC3)nc2cc1OC. The number of amides is 1. The summed E-state index contributed by atoms with van der Waals surface area (Å²) in [5, 5.41) is 0.901. The second-order valence-electron chi connectivity index (χ2n) is 8.10. The van der Waals surface area contributed by atoms with Gasteiger partial charge in [0.1, 0.15) is 0 Å². The van der Waals surface area contributed by atoms with Gasteiger partial charge in [0.2, 0.25) is 5.95 Å². The van der Waals surface area contributed by atoms with Gasteiger partial charge in [-0.2, -0.15) is 0 Å². The molecular formula is C23H28N6O3. The fourth-order valence-electron chi connectivity index (χ4n) is 4.06. The van der Waals surface area contributed by atoms with E-state index in [-0.39, 0.29) is 11.8 Å². The molecule has 1 aliphatic rings. The van der Waals surface area contributed by atoms with Gasteiger partial charge >= 0.3 is 0 Å². The number of carbonyl (C=O) groups excluding carboxylic acids is 1. The normalized spacial score (nSPS) is 14.4. The molecule has 0 atom stereocenters. The molecule has 2 N–H and O–H groups in total. The van der Waals surface area contributed by atoms with E-state index in [0.717, 1.165) is 29.4 Å². The van der Waals surface area contributed by atoms with Crippen LogP contribution < -0.4 is 20.1 Å². The first-order valence-corrected chi connectivity index (χ1v) is 10.5. The molecule has 0 spiro atoms. The van der Waals surface area contributed by atoms with Gasteiger partial charge in [0.05, 0.1) is 36.7 Å². The van der Waals surface area contributed by atoms with E-state index in [1.807, 2.05) is 37.2 Å². The third-order valence-corrected chi connectivity index (χ3v) is 5.83. The Morgan fingerprint density at radius 2 is 1.69 bits per heavy atom. The Balaban J connectivity index is 1.49. The molecule has 2 aromatic heterocycles.